The number of aromatic nitrogens is 3. The smallest absolute Gasteiger partial charge is 0.320 e. The van der Waals surface area contributed by atoms with Gasteiger partial charge in [0.15, 0.2) is 11.6 Å². The Morgan fingerprint density at radius 3 is 2.76 bits per heavy atom. The van der Waals surface area contributed by atoms with Crippen LogP contribution in [-0.4, -0.2) is 26.7 Å². The maximum atomic E-state index is 12.9. The average Bonchev–Trinajstić information content (AvgIpc) is 2.86. The molecule has 1 atom stereocenters. The van der Waals surface area contributed by atoms with E-state index in [2.05, 4.69) is 15.4 Å². The summed E-state index contributed by atoms with van der Waals surface area (Å²) in [5.74, 6) is -0.764. The van der Waals surface area contributed by atoms with Crippen molar-refractivity contribution in [2.24, 2.45) is 5.73 Å². The molecule has 0 fully saturated rings. The van der Waals surface area contributed by atoms with E-state index in [9.17, 15) is 18.0 Å². The molecule has 6 nitrogen and oxygen atoms in total. The zero-order valence-electron chi connectivity index (χ0n) is 10.9. The van der Waals surface area contributed by atoms with Crippen molar-refractivity contribution in [1.29, 1.82) is 0 Å². The molecule has 2 aromatic heterocycles. The molecular formula is C12H12F3N5O. The van der Waals surface area contributed by atoms with Crippen molar-refractivity contribution < 1.29 is 18.0 Å². The number of amides is 1. The first-order chi connectivity index (χ1) is 9.79. The van der Waals surface area contributed by atoms with E-state index in [0.717, 1.165) is 10.7 Å². The number of anilines is 1. The molecule has 0 bridgehead atoms. The number of nitrogens with zero attached hydrogens (tertiary/aromatic N) is 3. The number of hydrogen-bond acceptors (Lipinski definition) is 4. The maximum absolute atomic E-state index is 12.9. The van der Waals surface area contributed by atoms with Crippen LogP contribution in [0.1, 0.15) is 12.5 Å². The van der Waals surface area contributed by atoms with Crippen LogP contribution in [0.15, 0.2) is 30.6 Å². The van der Waals surface area contributed by atoms with Crippen molar-refractivity contribution in [3.63, 3.8) is 0 Å². The van der Waals surface area contributed by atoms with E-state index >= 15 is 0 Å². The largest absolute Gasteiger partial charge is 0.420 e. The van der Waals surface area contributed by atoms with Gasteiger partial charge in [0, 0.05) is 18.5 Å². The van der Waals surface area contributed by atoms with Gasteiger partial charge in [0.05, 0.1) is 6.04 Å². The molecule has 9 heteroatoms. The summed E-state index contributed by atoms with van der Waals surface area (Å²) in [6, 6.07) is 2.70. The number of hydrogen-bond donors (Lipinski definition) is 2. The minimum absolute atomic E-state index is 0.0936. The number of nitrogens with one attached hydrogen (secondary N) is 1. The third-order valence-electron chi connectivity index (χ3n) is 2.56. The molecular weight excluding hydrogens is 287 g/mol. The SMILES string of the molecule is CC(N)C(=O)Nc1ccn(-c2ncccc2C(F)(F)F)n1. The summed E-state index contributed by atoms with van der Waals surface area (Å²) in [7, 11) is 0. The molecule has 21 heavy (non-hydrogen) atoms. The molecule has 1 amide bonds. The van der Waals surface area contributed by atoms with Gasteiger partial charge >= 0.3 is 6.18 Å². The van der Waals surface area contributed by atoms with E-state index in [1.54, 1.807) is 0 Å². The Hall–Kier alpha value is -2.42. The molecule has 0 aliphatic heterocycles. The number of carbonyl (C=O) groups is 1. The van der Waals surface area contributed by atoms with Crippen LogP contribution in [0.3, 0.4) is 0 Å². The average molecular weight is 299 g/mol. The number of halogens is 3. The van der Waals surface area contributed by atoms with Crippen molar-refractivity contribution >= 4 is 11.7 Å². The van der Waals surface area contributed by atoms with Gasteiger partial charge in [-0.2, -0.15) is 13.2 Å². The molecule has 0 radical (unpaired) electrons. The van der Waals surface area contributed by atoms with Crippen LogP contribution in [-0.2, 0) is 11.0 Å². The van der Waals surface area contributed by atoms with Gasteiger partial charge in [0.1, 0.15) is 5.56 Å². The van der Waals surface area contributed by atoms with Gasteiger partial charge in [-0.1, -0.05) is 0 Å². The number of rotatable bonds is 3. The summed E-state index contributed by atoms with van der Waals surface area (Å²) in [5, 5.41) is 6.23. The third kappa shape index (κ3) is 3.37. The molecule has 0 aliphatic rings. The van der Waals surface area contributed by atoms with Gasteiger partial charge < -0.3 is 11.1 Å². The Morgan fingerprint density at radius 1 is 1.43 bits per heavy atom. The summed E-state index contributed by atoms with van der Waals surface area (Å²) < 4.78 is 39.6. The first-order valence-corrected chi connectivity index (χ1v) is 5.93. The van der Waals surface area contributed by atoms with Crippen molar-refractivity contribution in [3.8, 4) is 5.82 Å². The monoisotopic (exact) mass is 299 g/mol. The lowest BCUT2D eigenvalue weighted by molar-refractivity contribution is -0.137. The quantitative estimate of drug-likeness (QED) is 0.901. The van der Waals surface area contributed by atoms with E-state index in [4.69, 9.17) is 5.73 Å². The van der Waals surface area contributed by atoms with E-state index in [1.165, 1.54) is 31.5 Å². The molecule has 0 saturated carbocycles. The molecule has 0 spiro atoms. The van der Waals surface area contributed by atoms with Crippen LogP contribution in [0.2, 0.25) is 0 Å². The molecule has 1 unspecified atom stereocenters. The zero-order chi connectivity index (χ0) is 15.6. The lowest BCUT2D eigenvalue weighted by Gasteiger charge is -2.11. The molecule has 2 heterocycles. The summed E-state index contributed by atoms with van der Waals surface area (Å²) in [5.41, 5.74) is 4.46. The van der Waals surface area contributed by atoms with Gasteiger partial charge in [-0.25, -0.2) is 9.67 Å². The topological polar surface area (TPSA) is 85.8 Å². The molecule has 0 aliphatic carbocycles. The second kappa shape index (κ2) is 5.52. The fraction of sp³-hybridized carbons (Fsp3) is 0.250. The van der Waals surface area contributed by atoms with Gasteiger partial charge in [-0.3, -0.25) is 4.79 Å². The lowest BCUT2D eigenvalue weighted by Crippen LogP contribution is -2.32. The summed E-state index contributed by atoms with van der Waals surface area (Å²) in [6.45, 7) is 1.48. The Bertz CT molecular complexity index is 650. The highest BCUT2D eigenvalue weighted by Gasteiger charge is 2.34. The highest BCUT2D eigenvalue weighted by atomic mass is 19.4. The Morgan fingerprint density at radius 2 is 2.14 bits per heavy atom. The summed E-state index contributed by atoms with van der Waals surface area (Å²) >= 11 is 0. The maximum Gasteiger partial charge on any atom is 0.420 e. The standard InChI is InChI=1S/C12H12F3N5O/c1-7(16)11(21)18-9-4-6-20(19-9)10-8(12(13,14)15)3-2-5-17-10/h2-7H,16H2,1H3,(H,18,19,21). The number of nitrogens with two attached hydrogens (primary N) is 1. The number of carbonyl (C=O) groups excluding carboxylic acids is 1. The van der Waals surface area contributed by atoms with Gasteiger partial charge in [-0.15, -0.1) is 5.10 Å². The van der Waals surface area contributed by atoms with Crippen LogP contribution in [0.25, 0.3) is 5.82 Å². The molecule has 2 rings (SSSR count). The van der Waals surface area contributed by atoms with Crippen molar-refractivity contribution in [1.82, 2.24) is 14.8 Å². The fourth-order valence-corrected chi connectivity index (χ4v) is 1.55. The normalized spacial score (nSPS) is 13.0. The highest BCUT2D eigenvalue weighted by molar-refractivity contribution is 5.93. The molecule has 0 saturated heterocycles. The summed E-state index contributed by atoms with van der Waals surface area (Å²) in [4.78, 5) is 15.1. The fourth-order valence-electron chi connectivity index (χ4n) is 1.55. The van der Waals surface area contributed by atoms with Crippen molar-refractivity contribution in [3.05, 3.63) is 36.2 Å². The van der Waals surface area contributed by atoms with Gasteiger partial charge in [0.2, 0.25) is 5.91 Å². The van der Waals surface area contributed by atoms with Crippen LogP contribution >= 0.6 is 0 Å². The Balaban J connectivity index is 2.33. The van der Waals surface area contributed by atoms with Crippen molar-refractivity contribution in [2.45, 2.75) is 19.1 Å². The lowest BCUT2D eigenvalue weighted by atomic mass is 10.2. The molecule has 0 aromatic carbocycles. The molecule has 3 N–H and O–H groups in total. The van der Waals surface area contributed by atoms with Crippen LogP contribution < -0.4 is 11.1 Å². The molecule has 2 aromatic rings. The zero-order valence-corrected chi connectivity index (χ0v) is 10.9. The predicted molar refractivity (Wildman–Crippen MR) is 68.6 cm³/mol. The van der Waals surface area contributed by atoms with Crippen LogP contribution in [0, 0.1) is 0 Å². The minimum Gasteiger partial charge on any atom is -0.320 e. The van der Waals surface area contributed by atoms with E-state index < -0.39 is 23.7 Å². The number of alkyl halides is 3. The Kier molecular flexibility index (Phi) is 3.94. The highest BCUT2D eigenvalue weighted by Crippen LogP contribution is 2.32. The minimum atomic E-state index is -4.55. The first kappa shape index (κ1) is 15.0. The number of pyridine rings is 1. The van der Waals surface area contributed by atoms with Gasteiger partial charge in [0.25, 0.3) is 0 Å². The van der Waals surface area contributed by atoms with Crippen LogP contribution in [0.5, 0.6) is 0 Å². The predicted octanol–water partition coefficient (Wildman–Crippen LogP) is 1.57. The van der Waals surface area contributed by atoms with E-state index in [0.29, 0.717) is 0 Å². The van der Waals surface area contributed by atoms with Gasteiger partial charge in [-0.05, 0) is 19.1 Å². The molecule has 112 valence electrons. The van der Waals surface area contributed by atoms with Crippen LogP contribution in [0.4, 0.5) is 19.0 Å². The summed E-state index contributed by atoms with van der Waals surface area (Å²) in [6.07, 6.45) is -2.05. The van der Waals surface area contributed by atoms with E-state index in [-0.39, 0.29) is 11.6 Å². The van der Waals surface area contributed by atoms with E-state index in [1.807, 2.05) is 0 Å². The second-order valence-corrected chi connectivity index (χ2v) is 4.30. The Labute approximate surface area is 117 Å². The second-order valence-electron chi connectivity index (χ2n) is 4.30. The van der Waals surface area contributed by atoms with Crippen molar-refractivity contribution in [2.75, 3.05) is 5.32 Å². The third-order valence-corrected chi connectivity index (χ3v) is 2.56. The first-order valence-electron chi connectivity index (χ1n) is 5.93.